The summed E-state index contributed by atoms with van der Waals surface area (Å²) >= 11 is 0. The third-order valence-corrected chi connectivity index (χ3v) is 5.35. The standard InChI is InChI=1S/C20H22N4O2/c1-22-10-14(19(21)25)9-18(22)20(26)24-8-7-13(11-24)16-12-23(2)17-6-4-3-5-15(16)17/h3-6,9-10,12-13H,7-8,11H2,1-2H3,(H2,21,25). The average Bonchev–Trinajstić information content (AvgIpc) is 3.32. The van der Waals surface area contributed by atoms with Crippen LogP contribution in [0.3, 0.4) is 0 Å². The number of benzene rings is 1. The molecule has 2 N–H and O–H groups in total. The van der Waals surface area contributed by atoms with Gasteiger partial charge in [0.2, 0.25) is 5.91 Å². The van der Waals surface area contributed by atoms with E-state index in [4.69, 9.17) is 5.73 Å². The van der Waals surface area contributed by atoms with Crippen LogP contribution >= 0.6 is 0 Å². The van der Waals surface area contributed by atoms with Gasteiger partial charge in [0, 0.05) is 56.4 Å². The highest BCUT2D eigenvalue weighted by Crippen LogP contribution is 2.34. The molecule has 6 nitrogen and oxygen atoms in total. The molecule has 1 aliphatic heterocycles. The SMILES string of the molecule is Cn1cc(C(N)=O)cc1C(=O)N1CCC(c2cn(C)c3ccccc23)C1. The van der Waals surface area contributed by atoms with Crippen LogP contribution in [0.2, 0.25) is 0 Å². The van der Waals surface area contributed by atoms with E-state index in [0.29, 0.717) is 30.3 Å². The molecule has 2 amide bonds. The molecule has 3 aromatic rings. The van der Waals surface area contributed by atoms with E-state index in [9.17, 15) is 9.59 Å². The van der Waals surface area contributed by atoms with Gasteiger partial charge in [-0.05, 0) is 24.1 Å². The molecule has 1 aliphatic rings. The number of carbonyl (C=O) groups excluding carboxylic acids is 2. The minimum atomic E-state index is -0.519. The van der Waals surface area contributed by atoms with Gasteiger partial charge in [0.05, 0.1) is 5.56 Å². The van der Waals surface area contributed by atoms with Gasteiger partial charge in [-0.15, -0.1) is 0 Å². The van der Waals surface area contributed by atoms with Crippen molar-refractivity contribution in [3.8, 4) is 0 Å². The molecule has 26 heavy (non-hydrogen) atoms. The topological polar surface area (TPSA) is 73.3 Å². The molecule has 2 aromatic heterocycles. The Bertz CT molecular complexity index is 1010. The van der Waals surface area contributed by atoms with Crippen molar-refractivity contribution in [2.45, 2.75) is 12.3 Å². The van der Waals surface area contributed by atoms with Crippen molar-refractivity contribution >= 4 is 22.7 Å². The average molecular weight is 350 g/mol. The quantitative estimate of drug-likeness (QED) is 0.787. The normalized spacial score (nSPS) is 17.2. The zero-order chi connectivity index (χ0) is 18.4. The number of aromatic nitrogens is 2. The van der Waals surface area contributed by atoms with Crippen molar-refractivity contribution in [3.63, 3.8) is 0 Å². The second-order valence-electron chi connectivity index (χ2n) is 7.04. The van der Waals surface area contributed by atoms with Crippen LogP contribution in [0.1, 0.15) is 38.7 Å². The van der Waals surface area contributed by atoms with Gasteiger partial charge in [0.25, 0.3) is 5.91 Å². The molecular weight excluding hydrogens is 328 g/mol. The predicted octanol–water partition coefficient (Wildman–Crippen LogP) is 2.25. The van der Waals surface area contributed by atoms with Crippen LogP contribution in [-0.4, -0.2) is 38.9 Å². The maximum atomic E-state index is 12.9. The van der Waals surface area contributed by atoms with Gasteiger partial charge in [-0.2, -0.15) is 0 Å². The first-order chi connectivity index (χ1) is 12.5. The number of hydrogen-bond donors (Lipinski definition) is 1. The smallest absolute Gasteiger partial charge is 0.270 e. The van der Waals surface area contributed by atoms with E-state index < -0.39 is 5.91 Å². The first-order valence-electron chi connectivity index (χ1n) is 8.75. The summed E-state index contributed by atoms with van der Waals surface area (Å²) in [6, 6.07) is 9.94. The molecule has 3 heterocycles. The maximum absolute atomic E-state index is 12.9. The van der Waals surface area contributed by atoms with Crippen LogP contribution in [0, 0.1) is 0 Å². The molecule has 4 rings (SSSR count). The summed E-state index contributed by atoms with van der Waals surface area (Å²) in [5.74, 6) is -0.252. The fraction of sp³-hybridized carbons (Fsp3) is 0.300. The number of fused-ring (bicyclic) bond motifs is 1. The number of nitrogens with two attached hydrogens (primary N) is 1. The number of likely N-dealkylation sites (tertiary alicyclic amines) is 1. The van der Waals surface area contributed by atoms with Gasteiger partial charge in [0.1, 0.15) is 5.69 Å². The van der Waals surface area contributed by atoms with Gasteiger partial charge in [-0.25, -0.2) is 0 Å². The molecule has 1 aromatic carbocycles. The van der Waals surface area contributed by atoms with Gasteiger partial charge in [-0.3, -0.25) is 9.59 Å². The van der Waals surface area contributed by atoms with E-state index in [1.807, 2.05) is 11.0 Å². The molecule has 6 heteroatoms. The third kappa shape index (κ3) is 2.58. The highest BCUT2D eigenvalue weighted by molar-refractivity contribution is 5.99. The van der Waals surface area contributed by atoms with Crippen molar-refractivity contribution in [1.29, 1.82) is 0 Å². The van der Waals surface area contributed by atoms with Crippen LogP contribution in [0.25, 0.3) is 10.9 Å². The number of amides is 2. The zero-order valence-electron chi connectivity index (χ0n) is 15.0. The summed E-state index contributed by atoms with van der Waals surface area (Å²) in [5, 5.41) is 1.25. The lowest BCUT2D eigenvalue weighted by molar-refractivity contribution is 0.0781. The Morgan fingerprint density at radius 1 is 1.12 bits per heavy atom. The van der Waals surface area contributed by atoms with E-state index in [-0.39, 0.29) is 5.91 Å². The number of para-hydroxylation sites is 1. The van der Waals surface area contributed by atoms with Crippen molar-refractivity contribution in [2.75, 3.05) is 13.1 Å². The summed E-state index contributed by atoms with van der Waals surface area (Å²) in [6.45, 7) is 1.40. The van der Waals surface area contributed by atoms with Gasteiger partial charge in [0.15, 0.2) is 0 Å². The molecule has 0 spiro atoms. The number of hydrogen-bond acceptors (Lipinski definition) is 2. The van der Waals surface area contributed by atoms with Crippen molar-refractivity contribution < 1.29 is 9.59 Å². The number of nitrogens with zero attached hydrogens (tertiary/aromatic N) is 3. The second kappa shape index (κ2) is 6.05. The molecule has 0 radical (unpaired) electrons. The van der Waals surface area contributed by atoms with Gasteiger partial charge < -0.3 is 19.8 Å². The lowest BCUT2D eigenvalue weighted by Crippen LogP contribution is -2.29. The minimum absolute atomic E-state index is 0.0530. The Balaban J connectivity index is 1.58. The summed E-state index contributed by atoms with van der Waals surface area (Å²) in [6.07, 6.45) is 4.72. The zero-order valence-corrected chi connectivity index (χ0v) is 15.0. The maximum Gasteiger partial charge on any atom is 0.270 e. The lowest BCUT2D eigenvalue weighted by Gasteiger charge is -2.17. The van der Waals surface area contributed by atoms with Crippen LogP contribution in [0.15, 0.2) is 42.7 Å². The van der Waals surface area contributed by atoms with Crippen molar-refractivity contribution in [3.05, 3.63) is 59.5 Å². The van der Waals surface area contributed by atoms with E-state index >= 15 is 0 Å². The molecule has 0 bridgehead atoms. The van der Waals surface area contributed by atoms with Crippen LogP contribution in [0.5, 0.6) is 0 Å². The second-order valence-corrected chi connectivity index (χ2v) is 7.04. The Kier molecular flexibility index (Phi) is 3.83. The molecule has 0 saturated carbocycles. The Morgan fingerprint density at radius 2 is 1.88 bits per heavy atom. The van der Waals surface area contributed by atoms with Crippen LogP contribution < -0.4 is 5.73 Å². The summed E-state index contributed by atoms with van der Waals surface area (Å²) in [5.41, 5.74) is 8.69. The first kappa shape index (κ1) is 16.4. The molecule has 134 valence electrons. The minimum Gasteiger partial charge on any atom is -0.366 e. The van der Waals surface area contributed by atoms with Gasteiger partial charge >= 0.3 is 0 Å². The molecule has 0 aliphatic carbocycles. The number of primary amides is 1. The Morgan fingerprint density at radius 3 is 2.62 bits per heavy atom. The molecular formula is C20H22N4O2. The third-order valence-electron chi connectivity index (χ3n) is 5.35. The predicted molar refractivity (Wildman–Crippen MR) is 100 cm³/mol. The molecule has 1 saturated heterocycles. The molecule has 1 fully saturated rings. The highest BCUT2D eigenvalue weighted by Gasteiger charge is 2.31. The lowest BCUT2D eigenvalue weighted by atomic mass is 9.98. The molecule has 1 atom stereocenters. The summed E-state index contributed by atoms with van der Waals surface area (Å²) < 4.78 is 3.82. The van der Waals surface area contributed by atoms with E-state index in [1.54, 1.807) is 23.9 Å². The largest absolute Gasteiger partial charge is 0.366 e. The van der Waals surface area contributed by atoms with E-state index in [1.165, 1.54) is 16.5 Å². The Hall–Kier alpha value is -3.02. The van der Waals surface area contributed by atoms with E-state index in [0.717, 1.165) is 6.42 Å². The highest BCUT2D eigenvalue weighted by atomic mass is 16.2. The van der Waals surface area contributed by atoms with Gasteiger partial charge in [-0.1, -0.05) is 18.2 Å². The molecule has 1 unspecified atom stereocenters. The number of carbonyl (C=O) groups is 2. The monoisotopic (exact) mass is 350 g/mol. The van der Waals surface area contributed by atoms with E-state index in [2.05, 4.69) is 36.0 Å². The fourth-order valence-corrected chi connectivity index (χ4v) is 3.97. The first-order valence-corrected chi connectivity index (χ1v) is 8.75. The summed E-state index contributed by atoms with van der Waals surface area (Å²) in [7, 11) is 3.82. The number of rotatable bonds is 3. The van der Waals surface area contributed by atoms with Crippen molar-refractivity contribution in [1.82, 2.24) is 14.0 Å². The van der Waals surface area contributed by atoms with Crippen molar-refractivity contribution in [2.24, 2.45) is 19.8 Å². The summed E-state index contributed by atoms with van der Waals surface area (Å²) in [4.78, 5) is 26.1. The number of aryl methyl sites for hydroxylation is 2. The van der Waals surface area contributed by atoms with Crippen LogP contribution in [-0.2, 0) is 14.1 Å². The Labute approximate surface area is 151 Å². The van der Waals surface area contributed by atoms with Crippen LogP contribution in [0.4, 0.5) is 0 Å². The fourth-order valence-electron chi connectivity index (χ4n) is 3.97.